The average Bonchev–Trinajstić information content (AvgIpc) is 2.70. The Morgan fingerprint density at radius 2 is 1.47 bits per heavy atom. The molecular weight excluding hydrogens is 372 g/mol. The molecule has 2 amide bonds. The third-order valence-electron chi connectivity index (χ3n) is 8.03. The van der Waals surface area contributed by atoms with E-state index in [1.807, 2.05) is 39.8 Å². The number of carbonyl (C=O) groups excluding carboxylic acids is 2. The van der Waals surface area contributed by atoms with Crippen LogP contribution in [0.15, 0.2) is 24.3 Å². The van der Waals surface area contributed by atoms with Crippen molar-refractivity contribution < 1.29 is 9.59 Å². The molecule has 30 heavy (non-hydrogen) atoms. The minimum atomic E-state index is -0.519. The Labute approximate surface area is 181 Å². The molecule has 0 saturated heterocycles. The first kappa shape index (κ1) is 21.4. The van der Waals surface area contributed by atoms with E-state index in [0.29, 0.717) is 11.0 Å². The molecule has 4 fully saturated rings. The lowest BCUT2D eigenvalue weighted by atomic mass is 9.48. The molecule has 1 aromatic rings. The Hall–Kier alpha value is -1.84. The van der Waals surface area contributed by atoms with Crippen molar-refractivity contribution in [3.8, 4) is 0 Å². The van der Waals surface area contributed by atoms with Gasteiger partial charge in [-0.15, -0.1) is 0 Å². The summed E-state index contributed by atoms with van der Waals surface area (Å²) in [6.45, 7) is 7.97. The Kier molecular flexibility index (Phi) is 5.96. The van der Waals surface area contributed by atoms with Crippen LogP contribution in [0, 0.1) is 23.7 Å². The molecule has 4 aliphatic carbocycles. The van der Waals surface area contributed by atoms with E-state index in [4.69, 9.17) is 0 Å². The fourth-order valence-electron chi connectivity index (χ4n) is 6.63. The zero-order chi connectivity index (χ0) is 21.5. The molecule has 0 aliphatic heterocycles. The van der Waals surface area contributed by atoms with Crippen molar-refractivity contribution in [2.45, 2.75) is 90.1 Å². The van der Waals surface area contributed by atoms with Gasteiger partial charge in [0.1, 0.15) is 6.04 Å². The fraction of sp³-hybridized carbons (Fsp3) is 0.692. The Morgan fingerprint density at radius 1 is 0.933 bits per heavy atom. The van der Waals surface area contributed by atoms with E-state index in [2.05, 4.69) is 22.8 Å². The highest BCUT2D eigenvalue weighted by molar-refractivity contribution is 5.97. The lowest BCUT2D eigenvalue weighted by Gasteiger charge is -2.57. The molecule has 164 valence electrons. The van der Waals surface area contributed by atoms with Crippen LogP contribution >= 0.6 is 0 Å². The number of benzene rings is 1. The number of hydrogen-bond donors (Lipinski definition) is 2. The maximum Gasteiger partial charge on any atom is 0.251 e. The van der Waals surface area contributed by atoms with E-state index in [1.54, 1.807) is 0 Å². The van der Waals surface area contributed by atoms with Crippen LogP contribution in [-0.2, 0) is 10.2 Å². The smallest absolute Gasteiger partial charge is 0.251 e. The zero-order valence-corrected chi connectivity index (χ0v) is 19.0. The lowest BCUT2D eigenvalue weighted by Crippen LogP contribution is -2.51. The van der Waals surface area contributed by atoms with Crippen molar-refractivity contribution in [3.63, 3.8) is 0 Å². The second-order valence-corrected chi connectivity index (χ2v) is 10.8. The van der Waals surface area contributed by atoms with Gasteiger partial charge >= 0.3 is 0 Å². The highest BCUT2D eigenvalue weighted by atomic mass is 16.2. The SMILES string of the molecule is CCC(C)NC(=O)C(NC(=O)c1ccc(C23CC4CC(CC(C4)C2)C3)cc1)C(C)C. The van der Waals surface area contributed by atoms with Gasteiger partial charge in [0, 0.05) is 11.6 Å². The number of amides is 2. The minimum absolute atomic E-state index is 0.0318. The molecule has 0 heterocycles. The Balaban J connectivity index is 1.44. The summed E-state index contributed by atoms with van der Waals surface area (Å²) in [6, 6.07) is 7.89. The maximum absolute atomic E-state index is 12.9. The van der Waals surface area contributed by atoms with Crippen molar-refractivity contribution in [3.05, 3.63) is 35.4 Å². The minimum Gasteiger partial charge on any atom is -0.352 e. The summed E-state index contributed by atoms with van der Waals surface area (Å²) in [5.74, 6) is 2.51. The first-order valence-corrected chi connectivity index (χ1v) is 12.0. The van der Waals surface area contributed by atoms with E-state index in [0.717, 1.165) is 24.2 Å². The average molecular weight is 411 g/mol. The van der Waals surface area contributed by atoms with E-state index < -0.39 is 6.04 Å². The first-order valence-electron chi connectivity index (χ1n) is 12.0. The molecule has 0 radical (unpaired) electrons. The second-order valence-electron chi connectivity index (χ2n) is 10.8. The molecule has 4 saturated carbocycles. The summed E-state index contributed by atoms with van der Waals surface area (Å²) in [7, 11) is 0. The molecule has 4 nitrogen and oxygen atoms in total. The molecule has 1 aromatic carbocycles. The third kappa shape index (κ3) is 4.15. The van der Waals surface area contributed by atoms with Gasteiger partial charge in [-0.25, -0.2) is 0 Å². The summed E-state index contributed by atoms with van der Waals surface area (Å²) < 4.78 is 0. The molecule has 4 bridgehead atoms. The number of nitrogens with one attached hydrogen (secondary N) is 2. The lowest BCUT2D eigenvalue weighted by molar-refractivity contribution is -0.124. The summed E-state index contributed by atoms with van der Waals surface area (Å²) in [5, 5.41) is 5.96. The Morgan fingerprint density at radius 3 is 1.93 bits per heavy atom. The number of carbonyl (C=O) groups is 2. The molecule has 2 unspecified atom stereocenters. The summed E-state index contributed by atoms with van der Waals surface area (Å²) in [5.41, 5.74) is 2.42. The van der Waals surface area contributed by atoms with Crippen molar-refractivity contribution >= 4 is 11.8 Å². The monoisotopic (exact) mass is 410 g/mol. The van der Waals surface area contributed by atoms with Crippen molar-refractivity contribution in [1.29, 1.82) is 0 Å². The van der Waals surface area contributed by atoms with Crippen molar-refractivity contribution in [1.82, 2.24) is 10.6 Å². The third-order valence-corrected chi connectivity index (χ3v) is 8.03. The van der Waals surface area contributed by atoms with Crippen LogP contribution in [0.1, 0.15) is 88.6 Å². The highest BCUT2D eigenvalue weighted by Gasteiger charge is 2.51. The van der Waals surface area contributed by atoms with Crippen LogP contribution in [0.5, 0.6) is 0 Å². The predicted molar refractivity (Wildman–Crippen MR) is 120 cm³/mol. The van der Waals surface area contributed by atoms with Gasteiger partial charge in [-0.3, -0.25) is 9.59 Å². The summed E-state index contributed by atoms with van der Waals surface area (Å²) in [6.07, 6.45) is 9.18. The number of rotatable bonds is 7. The molecule has 5 rings (SSSR count). The topological polar surface area (TPSA) is 58.2 Å². The van der Waals surface area contributed by atoms with Gasteiger partial charge in [0.15, 0.2) is 0 Å². The van der Waals surface area contributed by atoms with E-state index >= 15 is 0 Å². The van der Waals surface area contributed by atoms with E-state index in [-0.39, 0.29) is 23.8 Å². The van der Waals surface area contributed by atoms with Gasteiger partial charge in [-0.05, 0) is 98.7 Å². The molecule has 0 aromatic heterocycles. The molecular formula is C26H38N2O2. The molecule has 4 aliphatic rings. The van der Waals surface area contributed by atoms with Crippen LogP contribution in [-0.4, -0.2) is 23.9 Å². The van der Waals surface area contributed by atoms with Gasteiger partial charge < -0.3 is 10.6 Å². The predicted octanol–water partition coefficient (Wildman–Crippen LogP) is 4.82. The molecule has 2 N–H and O–H groups in total. The van der Waals surface area contributed by atoms with Crippen molar-refractivity contribution in [2.75, 3.05) is 0 Å². The zero-order valence-electron chi connectivity index (χ0n) is 19.0. The standard InChI is InChI=1S/C26H38N2O2/c1-5-17(4)27-25(30)23(16(2)3)28-24(29)21-6-8-22(9-7-21)26-13-18-10-19(14-26)12-20(11-18)15-26/h6-9,16-20,23H,5,10-15H2,1-4H3,(H,27,30)(H,28,29). The normalized spacial score (nSPS) is 31.4. The maximum atomic E-state index is 12.9. The van der Waals surface area contributed by atoms with E-state index in [1.165, 1.54) is 44.1 Å². The van der Waals surface area contributed by atoms with Crippen LogP contribution in [0.4, 0.5) is 0 Å². The number of hydrogen-bond acceptors (Lipinski definition) is 2. The van der Waals surface area contributed by atoms with Gasteiger partial charge in [-0.2, -0.15) is 0 Å². The van der Waals surface area contributed by atoms with Crippen LogP contribution in [0.3, 0.4) is 0 Å². The van der Waals surface area contributed by atoms with Crippen LogP contribution in [0.2, 0.25) is 0 Å². The molecule has 4 heteroatoms. The van der Waals surface area contributed by atoms with Crippen LogP contribution in [0.25, 0.3) is 0 Å². The molecule has 0 spiro atoms. The van der Waals surface area contributed by atoms with Gasteiger partial charge in [0.2, 0.25) is 5.91 Å². The van der Waals surface area contributed by atoms with Crippen molar-refractivity contribution in [2.24, 2.45) is 23.7 Å². The summed E-state index contributed by atoms with van der Waals surface area (Å²) >= 11 is 0. The van der Waals surface area contributed by atoms with E-state index in [9.17, 15) is 9.59 Å². The first-order chi connectivity index (χ1) is 14.3. The van der Waals surface area contributed by atoms with Gasteiger partial charge in [0.25, 0.3) is 5.91 Å². The quantitative estimate of drug-likeness (QED) is 0.677. The van der Waals surface area contributed by atoms with Crippen LogP contribution < -0.4 is 10.6 Å². The largest absolute Gasteiger partial charge is 0.352 e. The highest BCUT2D eigenvalue weighted by Crippen LogP contribution is 2.60. The van der Waals surface area contributed by atoms with Gasteiger partial charge in [0.05, 0.1) is 0 Å². The Bertz CT molecular complexity index is 747. The fourth-order valence-corrected chi connectivity index (χ4v) is 6.63. The van der Waals surface area contributed by atoms with Gasteiger partial charge in [-0.1, -0.05) is 32.9 Å². The molecule has 2 atom stereocenters. The second kappa shape index (κ2) is 8.36. The summed E-state index contributed by atoms with van der Waals surface area (Å²) in [4.78, 5) is 25.5.